The van der Waals surface area contributed by atoms with Crippen LogP contribution < -0.4 is 35.9 Å². The SMILES string of the molecule is O.O.O=c1[nH]c(=O)[nH]c(=O)[nH]1.[H+].[H-].[Li+]. The van der Waals surface area contributed by atoms with Gasteiger partial charge in [-0.15, -0.1) is 0 Å². The molecule has 0 atom stereocenters. The van der Waals surface area contributed by atoms with E-state index >= 15 is 0 Å². The van der Waals surface area contributed by atoms with Crippen LogP contribution in [-0.4, -0.2) is 25.9 Å². The number of aromatic nitrogens is 3. The second kappa shape index (κ2) is 6.63. The van der Waals surface area contributed by atoms with Crippen LogP contribution in [0.25, 0.3) is 0 Å². The van der Waals surface area contributed by atoms with Crippen LogP contribution in [-0.2, 0) is 0 Å². The summed E-state index contributed by atoms with van der Waals surface area (Å²) in [5.41, 5.74) is -2.41. The van der Waals surface area contributed by atoms with Gasteiger partial charge in [0.25, 0.3) is 0 Å². The summed E-state index contributed by atoms with van der Waals surface area (Å²) in [5, 5.41) is 0. The molecule has 1 aromatic rings. The third-order valence-corrected chi connectivity index (χ3v) is 0.681. The summed E-state index contributed by atoms with van der Waals surface area (Å²) in [4.78, 5) is 35.9. The Labute approximate surface area is 79.8 Å². The quantitative estimate of drug-likeness (QED) is 0.333. The predicted molar refractivity (Wildman–Crippen MR) is 37.8 cm³/mol. The molecule has 12 heavy (non-hydrogen) atoms. The number of hydrogen-bond donors (Lipinski definition) is 3. The van der Waals surface area contributed by atoms with Crippen molar-refractivity contribution in [2.45, 2.75) is 0 Å². The molecule has 0 unspecified atom stereocenters. The summed E-state index contributed by atoms with van der Waals surface area (Å²) < 4.78 is 0. The fraction of sp³-hybridized carbons (Fsp3) is 0. The van der Waals surface area contributed by atoms with E-state index in [1.807, 2.05) is 0 Å². The number of H-pyrrole nitrogens is 3. The van der Waals surface area contributed by atoms with E-state index < -0.39 is 17.1 Å². The van der Waals surface area contributed by atoms with Crippen molar-refractivity contribution in [3.63, 3.8) is 0 Å². The topological polar surface area (TPSA) is 162 Å². The van der Waals surface area contributed by atoms with Crippen molar-refractivity contribution in [1.82, 2.24) is 15.0 Å². The predicted octanol–water partition coefficient (Wildman–Crippen LogP) is -6.67. The van der Waals surface area contributed by atoms with Crippen LogP contribution in [0.15, 0.2) is 14.4 Å². The summed E-state index contributed by atoms with van der Waals surface area (Å²) in [5.74, 6) is 0. The molecule has 0 aliphatic rings. The van der Waals surface area contributed by atoms with Crippen LogP contribution in [0.1, 0.15) is 2.85 Å². The normalized spacial score (nSPS) is 7.00. The molecule has 0 aliphatic carbocycles. The zero-order valence-electron chi connectivity index (χ0n) is 8.22. The van der Waals surface area contributed by atoms with Crippen molar-refractivity contribution in [1.29, 1.82) is 0 Å². The minimum absolute atomic E-state index is 0. The maximum absolute atomic E-state index is 10.2. The molecule has 1 heterocycles. The summed E-state index contributed by atoms with van der Waals surface area (Å²) in [7, 11) is 0. The Morgan fingerprint density at radius 1 is 0.833 bits per heavy atom. The van der Waals surface area contributed by atoms with Crippen LogP contribution in [0.4, 0.5) is 0 Å². The van der Waals surface area contributed by atoms with E-state index in [2.05, 4.69) is 0 Å². The Hall–Kier alpha value is -1.07. The molecule has 0 saturated heterocycles. The van der Waals surface area contributed by atoms with Gasteiger partial charge in [0, 0.05) is 0 Å². The van der Waals surface area contributed by atoms with Gasteiger partial charge in [-0.05, 0) is 0 Å². The molecule has 0 bridgehead atoms. The molecule has 1 aromatic heterocycles. The Balaban J connectivity index is -0.0000000540. The molecule has 0 fully saturated rings. The van der Waals surface area contributed by atoms with E-state index in [0.29, 0.717) is 0 Å². The minimum Gasteiger partial charge on any atom is -1.00 e. The van der Waals surface area contributed by atoms with Crippen LogP contribution in [0, 0.1) is 0 Å². The molecule has 0 radical (unpaired) electrons. The Morgan fingerprint density at radius 3 is 1.17 bits per heavy atom. The molecular formula is C3H9LiN3O5+. The molecule has 0 spiro atoms. The number of nitrogens with one attached hydrogen (secondary N) is 3. The average molecular weight is 174 g/mol. The standard InChI is InChI=1S/C3H3N3O3.Li.2H2O.H/c7-1-4-2(8)6-3(9)5-1;;;;/h(H3,4,5,6,7,8,9);;2*1H2;/q;+1;;;-1/p+1. The molecule has 1 rings (SSSR count). The zero-order chi connectivity index (χ0) is 6.85. The molecule has 0 saturated carbocycles. The fourth-order valence-electron chi connectivity index (χ4n) is 0.403. The number of hydrogen-bond acceptors (Lipinski definition) is 3. The van der Waals surface area contributed by atoms with Crippen LogP contribution in [0.2, 0.25) is 0 Å². The van der Waals surface area contributed by atoms with Crippen molar-refractivity contribution in [2.75, 3.05) is 0 Å². The van der Waals surface area contributed by atoms with Crippen molar-refractivity contribution in [3.8, 4) is 0 Å². The first-order chi connectivity index (χ1) is 4.18. The van der Waals surface area contributed by atoms with E-state index in [-0.39, 0.29) is 32.7 Å². The first-order valence-corrected chi connectivity index (χ1v) is 2.11. The van der Waals surface area contributed by atoms with Crippen molar-refractivity contribution in [3.05, 3.63) is 31.5 Å². The van der Waals surface area contributed by atoms with E-state index in [1.165, 1.54) is 0 Å². The molecule has 0 aliphatic heterocycles. The third kappa shape index (κ3) is 4.70. The Morgan fingerprint density at radius 2 is 1.00 bits per heavy atom. The zero-order valence-corrected chi connectivity index (χ0v) is 6.22. The van der Waals surface area contributed by atoms with Gasteiger partial charge in [-0.1, -0.05) is 0 Å². The van der Waals surface area contributed by atoms with Crippen molar-refractivity contribution >= 4 is 0 Å². The van der Waals surface area contributed by atoms with Crippen LogP contribution >= 0.6 is 0 Å². The summed E-state index contributed by atoms with van der Waals surface area (Å²) >= 11 is 0. The van der Waals surface area contributed by atoms with Crippen LogP contribution in [0.5, 0.6) is 0 Å². The van der Waals surface area contributed by atoms with Gasteiger partial charge in [-0.25, -0.2) is 14.4 Å². The van der Waals surface area contributed by atoms with E-state index in [0.717, 1.165) is 0 Å². The summed E-state index contributed by atoms with van der Waals surface area (Å²) in [6.07, 6.45) is 0. The molecular weight excluding hydrogens is 165 g/mol. The maximum Gasteiger partial charge on any atom is 1.00 e. The Kier molecular flexibility index (Phi) is 9.46. The number of rotatable bonds is 0. The Bertz CT molecular complexity index is 293. The molecule has 9 heteroatoms. The average Bonchev–Trinajstić information content (AvgIpc) is 1.59. The minimum atomic E-state index is -0.802. The van der Waals surface area contributed by atoms with Gasteiger partial charge in [0.2, 0.25) is 0 Å². The first-order valence-electron chi connectivity index (χ1n) is 2.11. The van der Waals surface area contributed by atoms with Crippen molar-refractivity contribution in [2.24, 2.45) is 0 Å². The van der Waals surface area contributed by atoms with Crippen LogP contribution in [0.3, 0.4) is 0 Å². The van der Waals surface area contributed by atoms with Gasteiger partial charge in [-0.2, -0.15) is 0 Å². The molecule has 66 valence electrons. The van der Waals surface area contributed by atoms with Crippen molar-refractivity contribution < 1.29 is 32.7 Å². The van der Waals surface area contributed by atoms with Gasteiger partial charge >= 0.3 is 37.4 Å². The maximum atomic E-state index is 10.2. The van der Waals surface area contributed by atoms with Gasteiger partial charge in [-0.3, -0.25) is 15.0 Å². The smallest absolute Gasteiger partial charge is 1.00 e. The van der Waals surface area contributed by atoms with Gasteiger partial charge in [0.15, 0.2) is 0 Å². The largest absolute Gasteiger partial charge is 1.00 e. The monoisotopic (exact) mass is 174 g/mol. The first kappa shape index (κ1) is 17.1. The molecule has 0 aromatic carbocycles. The second-order valence-corrected chi connectivity index (χ2v) is 1.36. The van der Waals surface area contributed by atoms with E-state index in [4.69, 9.17) is 0 Å². The van der Waals surface area contributed by atoms with E-state index in [1.54, 1.807) is 15.0 Å². The fourth-order valence-corrected chi connectivity index (χ4v) is 0.403. The summed E-state index contributed by atoms with van der Waals surface area (Å²) in [6, 6.07) is 0. The van der Waals surface area contributed by atoms with E-state index in [9.17, 15) is 14.4 Å². The molecule has 0 amide bonds. The number of aromatic amines is 3. The van der Waals surface area contributed by atoms with Gasteiger partial charge < -0.3 is 12.4 Å². The third-order valence-electron chi connectivity index (χ3n) is 0.681. The summed E-state index contributed by atoms with van der Waals surface area (Å²) in [6.45, 7) is 0. The molecule has 7 N–H and O–H groups in total. The van der Waals surface area contributed by atoms with Gasteiger partial charge in [0.05, 0.1) is 0 Å². The molecule has 8 nitrogen and oxygen atoms in total. The van der Waals surface area contributed by atoms with Gasteiger partial charge in [0.1, 0.15) is 0 Å². The second-order valence-electron chi connectivity index (χ2n) is 1.36.